The molecule has 1 saturated heterocycles. The predicted molar refractivity (Wildman–Crippen MR) is 78.0 cm³/mol. The third kappa shape index (κ3) is 4.27. The molecule has 0 amide bonds. The lowest BCUT2D eigenvalue weighted by Gasteiger charge is -2.28. The Labute approximate surface area is 112 Å². The van der Waals surface area contributed by atoms with Crippen molar-refractivity contribution in [2.45, 2.75) is 64.3 Å². The van der Waals surface area contributed by atoms with Gasteiger partial charge in [0.2, 0.25) is 0 Å². The van der Waals surface area contributed by atoms with Gasteiger partial charge in [-0.1, -0.05) is 25.7 Å². The molecule has 1 unspecified atom stereocenters. The topological polar surface area (TPSA) is 41.6 Å². The number of rotatable bonds is 4. The van der Waals surface area contributed by atoms with Gasteiger partial charge in [0, 0.05) is 12.5 Å². The van der Waals surface area contributed by atoms with Crippen molar-refractivity contribution in [3.05, 3.63) is 0 Å². The number of hydrogen-bond acceptors (Lipinski definition) is 2. The maximum atomic E-state index is 6.19. The smallest absolute Gasteiger partial charge is 0.0972 e. The fourth-order valence-corrected chi connectivity index (χ4v) is 3.31. The van der Waals surface area contributed by atoms with E-state index in [1.165, 1.54) is 64.5 Å². The van der Waals surface area contributed by atoms with Gasteiger partial charge >= 0.3 is 0 Å². The fourth-order valence-electron chi connectivity index (χ4n) is 3.31. The number of nitrogens with zero attached hydrogens (tertiary/aromatic N) is 2. The van der Waals surface area contributed by atoms with Gasteiger partial charge < -0.3 is 10.6 Å². The first kappa shape index (κ1) is 13.9. The van der Waals surface area contributed by atoms with Crippen molar-refractivity contribution in [1.82, 2.24) is 4.90 Å². The maximum absolute atomic E-state index is 6.19. The van der Waals surface area contributed by atoms with Crippen LogP contribution in [-0.2, 0) is 0 Å². The lowest BCUT2D eigenvalue weighted by Crippen LogP contribution is -2.36. The summed E-state index contributed by atoms with van der Waals surface area (Å²) in [5.41, 5.74) is 6.19. The molecule has 0 aromatic heterocycles. The molecular formula is C15H29N3. The van der Waals surface area contributed by atoms with Crippen LogP contribution < -0.4 is 5.73 Å². The van der Waals surface area contributed by atoms with E-state index in [2.05, 4.69) is 11.8 Å². The van der Waals surface area contributed by atoms with Gasteiger partial charge in [0.1, 0.15) is 0 Å². The van der Waals surface area contributed by atoms with Gasteiger partial charge in [0.15, 0.2) is 0 Å². The Morgan fingerprint density at radius 1 is 1.11 bits per heavy atom. The van der Waals surface area contributed by atoms with E-state index in [-0.39, 0.29) is 0 Å². The van der Waals surface area contributed by atoms with Crippen molar-refractivity contribution < 1.29 is 0 Å². The molecule has 2 fully saturated rings. The van der Waals surface area contributed by atoms with Gasteiger partial charge in [-0.25, -0.2) is 0 Å². The van der Waals surface area contributed by atoms with Crippen LogP contribution >= 0.6 is 0 Å². The summed E-state index contributed by atoms with van der Waals surface area (Å²) in [6.45, 7) is 5.81. The molecule has 0 spiro atoms. The van der Waals surface area contributed by atoms with Crippen LogP contribution in [0.1, 0.15) is 58.3 Å². The van der Waals surface area contributed by atoms with E-state index < -0.39 is 0 Å². The van der Waals surface area contributed by atoms with Crippen molar-refractivity contribution in [2.24, 2.45) is 16.6 Å². The summed E-state index contributed by atoms with van der Waals surface area (Å²) in [5, 5.41) is 0. The van der Waals surface area contributed by atoms with E-state index in [1.54, 1.807) is 0 Å². The lowest BCUT2D eigenvalue weighted by atomic mass is 9.88. The molecule has 1 saturated carbocycles. The molecule has 2 N–H and O–H groups in total. The molecule has 1 atom stereocenters. The first-order valence-electron chi connectivity index (χ1n) is 7.81. The number of aliphatic imine (C=N–C) groups is 1. The maximum Gasteiger partial charge on any atom is 0.0972 e. The summed E-state index contributed by atoms with van der Waals surface area (Å²) in [6.07, 6.45) is 10.7. The summed E-state index contributed by atoms with van der Waals surface area (Å²) in [6, 6.07) is 0.366. The van der Waals surface area contributed by atoms with E-state index in [4.69, 9.17) is 10.7 Å². The van der Waals surface area contributed by atoms with Crippen molar-refractivity contribution in [3.63, 3.8) is 0 Å². The highest BCUT2D eigenvalue weighted by Gasteiger charge is 2.18. The highest BCUT2D eigenvalue weighted by atomic mass is 15.1. The molecule has 104 valence electrons. The average Bonchev–Trinajstić information content (AvgIpc) is 2.40. The minimum atomic E-state index is 0.366. The second-order valence-corrected chi connectivity index (χ2v) is 6.10. The Bertz CT molecular complexity index is 263. The van der Waals surface area contributed by atoms with Gasteiger partial charge in [-0.15, -0.1) is 0 Å². The third-order valence-electron chi connectivity index (χ3n) is 4.36. The van der Waals surface area contributed by atoms with Gasteiger partial charge in [-0.05, 0) is 45.7 Å². The molecule has 18 heavy (non-hydrogen) atoms. The molecule has 0 radical (unpaired) electrons. The second kappa shape index (κ2) is 7.13. The standard InChI is InChI=1S/C15H29N3/c1-13(12-18-10-6-3-7-11-18)17-15(16)14-8-4-2-5-9-14/h13-14H,2-12H2,1H3,(H2,16,17). The number of amidine groups is 1. The normalized spacial score (nSPS) is 26.2. The molecule has 0 aromatic carbocycles. The van der Waals surface area contributed by atoms with Crippen molar-refractivity contribution >= 4 is 5.84 Å². The molecule has 3 nitrogen and oxygen atoms in total. The zero-order valence-electron chi connectivity index (χ0n) is 11.9. The predicted octanol–water partition coefficient (Wildman–Crippen LogP) is 2.80. The van der Waals surface area contributed by atoms with Crippen LogP contribution in [0.4, 0.5) is 0 Å². The summed E-state index contributed by atoms with van der Waals surface area (Å²) < 4.78 is 0. The van der Waals surface area contributed by atoms with Crippen LogP contribution in [0, 0.1) is 5.92 Å². The van der Waals surface area contributed by atoms with E-state index in [9.17, 15) is 0 Å². The lowest BCUT2D eigenvalue weighted by molar-refractivity contribution is 0.219. The summed E-state index contributed by atoms with van der Waals surface area (Å²) in [5.74, 6) is 1.50. The quantitative estimate of drug-likeness (QED) is 0.616. The third-order valence-corrected chi connectivity index (χ3v) is 4.36. The number of piperidine rings is 1. The van der Waals surface area contributed by atoms with Crippen molar-refractivity contribution in [2.75, 3.05) is 19.6 Å². The summed E-state index contributed by atoms with van der Waals surface area (Å²) >= 11 is 0. The Morgan fingerprint density at radius 2 is 1.72 bits per heavy atom. The van der Waals surface area contributed by atoms with Crippen LogP contribution in [0.15, 0.2) is 4.99 Å². The first-order valence-corrected chi connectivity index (χ1v) is 7.81. The van der Waals surface area contributed by atoms with E-state index in [1.807, 2.05) is 0 Å². The molecular weight excluding hydrogens is 222 g/mol. The molecule has 2 rings (SSSR count). The summed E-state index contributed by atoms with van der Waals surface area (Å²) in [4.78, 5) is 7.29. The van der Waals surface area contributed by atoms with Crippen LogP contribution in [-0.4, -0.2) is 36.4 Å². The van der Waals surface area contributed by atoms with Crippen LogP contribution in [0.2, 0.25) is 0 Å². The van der Waals surface area contributed by atoms with Gasteiger partial charge in [-0.2, -0.15) is 0 Å². The average molecular weight is 251 g/mol. The Morgan fingerprint density at radius 3 is 2.39 bits per heavy atom. The minimum absolute atomic E-state index is 0.366. The molecule has 2 aliphatic rings. The van der Waals surface area contributed by atoms with Gasteiger partial charge in [0.05, 0.1) is 11.9 Å². The second-order valence-electron chi connectivity index (χ2n) is 6.10. The van der Waals surface area contributed by atoms with Crippen LogP contribution in [0.3, 0.4) is 0 Å². The molecule has 0 bridgehead atoms. The van der Waals surface area contributed by atoms with Crippen molar-refractivity contribution in [3.8, 4) is 0 Å². The molecule has 3 heteroatoms. The van der Waals surface area contributed by atoms with E-state index in [0.29, 0.717) is 12.0 Å². The molecule has 0 aromatic rings. The van der Waals surface area contributed by atoms with Crippen molar-refractivity contribution in [1.29, 1.82) is 0 Å². The highest BCUT2D eigenvalue weighted by Crippen LogP contribution is 2.24. The Kier molecular flexibility index (Phi) is 5.48. The fraction of sp³-hybridized carbons (Fsp3) is 0.933. The number of likely N-dealkylation sites (tertiary alicyclic amines) is 1. The van der Waals surface area contributed by atoms with E-state index >= 15 is 0 Å². The molecule has 1 aliphatic carbocycles. The Hall–Kier alpha value is -0.570. The van der Waals surface area contributed by atoms with E-state index in [0.717, 1.165) is 12.4 Å². The number of nitrogens with two attached hydrogens (primary N) is 1. The largest absolute Gasteiger partial charge is 0.387 e. The monoisotopic (exact) mass is 251 g/mol. The van der Waals surface area contributed by atoms with Gasteiger partial charge in [0.25, 0.3) is 0 Å². The SMILES string of the molecule is CC(CN1CCCCC1)N=C(N)C1CCCCC1. The summed E-state index contributed by atoms with van der Waals surface area (Å²) in [7, 11) is 0. The Balaban J connectivity index is 1.78. The van der Waals surface area contributed by atoms with Crippen LogP contribution in [0.5, 0.6) is 0 Å². The van der Waals surface area contributed by atoms with Gasteiger partial charge in [-0.3, -0.25) is 4.99 Å². The number of hydrogen-bond donors (Lipinski definition) is 1. The molecule has 1 aliphatic heterocycles. The zero-order valence-corrected chi connectivity index (χ0v) is 11.9. The molecule has 1 heterocycles. The minimum Gasteiger partial charge on any atom is -0.387 e. The van der Waals surface area contributed by atoms with Crippen LogP contribution in [0.25, 0.3) is 0 Å². The highest BCUT2D eigenvalue weighted by molar-refractivity contribution is 5.83. The zero-order chi connectivity index (χ0) is 12.8. The first-order chi connectivity index (χ1) is 8.75.